The van der Waals surface area contributed by atoms with Crippen LogP contribution in [0, 0.1) is 5.41 Å². The molecule has 2 amide bonds. The maximum Gasteiger partial charge on any atom is 0.417 e. The molecule has 0 unspecified atom stereocenters. The third kappa shape index (κ3) is 3.72. The van der Waals surface area contributed by atoms with E-state index in [1.165, 1.54) is 0 Å². The number of hydrogen-bond acceptors (Lipinski definition) is 4. The molecule has 0 bridgehead atoms. The van der Waals surface area contributed by atoms with Crippen molar-refractivity contribution in [3.63, 3.8) is 0 Å². The van der Waals surface area contributed by atoms with E-state index in [1.807, 2.05) is 20.8 Å². The Morgan fingerprint density at radius 1 is 1.44 bits per heavy atom. The molecule has 0 spiro atoms. The Morgan fingerprint density at radius 3 is 2.56 bits per heavy atom. The fourth-order valence-electron chi connectivity index (χ4n) is 1.66. The molecule has 1 rings (SSSR count). The van der Waals surface area contributed by atoms with Crippen molar-refractivity contribution in [2.45, 2.75) is 46.1 Å². The monoisotopic (exact) mass is 257 g/mol. The molecule has 1 aliphatic heterocycles. The second kappa shape index (κ2) is 5.37. The molecule has 1 heterocycles. The summed E-state index contributed by atoms with van der Waals surface area (Å²) < 4.78 is 4.96. The van der Waals surface area contributed by atoms with Crippen molar-refractivity contribution in [2.24, 2.45) is 5.41 Å². The van der Waals surface area contributed by atoms with Crippen LogP contribution in [0.25, 0.3) is 0 Å². The zero-order valence-corrected chi connectivity index (χ0v) is 10.9. The average molecular weight is 257 g/mol. The van der Waals surface area contributed by atoms with E-state index in [4.69, 9.17) is 9.84 Å². The van der Waals surface area contributed by atoms with Crippen LogP contribution in [0.5, 0.6) is 0 Å². The molecule has 0 aromatic carbocycles. The van der Waals surface area contributed by atoms with Crippen molar-refractivity contribution in [3.05, 3.63) is 0 Å². The van der Waals surface area contributed by atoms with E-state index in [2.05, 4.69) is 0 Å². The lowest BCUT2D eigenvalue weighted by Crippen LogP contribution is -2.43. The lowest BCUT2D eigenvalue weighted by molar-refractivity contribution is -0.145. The van der Waals surface area contributed by atoms with Gasteiger partial charge in [0, 0.05) is 6.42 Å². The molecular weight excluding hydrogens is 238 g/mol. The second-order valence-corrected chi connectivity index (χ2v) is 5.58. The summed E-state index contributed by atoms with van der Waals surface area (Å²) in [6.07, 6.45) is 0.0287. The first-order valence-electron chi connectivity index (χ1n) is 5.94. The van der Waals surface area contributed by atoms with Gasteiger partial charge in [-0.05, 0) is 18.3 Å². The summed E-state index contributed by atoms with van der Waals surface area (Å²) in [4.78, 5) is 34.7. The van der Waals surface area contributed by atoms with Gasteiger partial charge in [-0.2, -0.15) is 0 Å². The Labute approximate surface area is 106 Å². The summed E-state index contributed by atoms with van der Waals surface area (Å²) in [6, 6.07) is -1.08. The number of carboxylic acids is 1. The third-order valence-corrected chi connectivity index (χ3v) is 2.77. The molecule has 6 nitrogen and oxygen atoms in total. The van der Waals surface area contributed by atoms with Crippen LogP contribution < -0.4 is 0 Å². The van der Waals surface area contributed by atoms with Gasteiger partial charge in [0.1, 0.15) is 6.04 Å². The number of carbonyl (C=O) groups is 3. The number of likely N-dealkylation sites (tertiary alicyclic amines) is 1. The van der Waals surface area contributed by atoms with Crippen molar-refractivity contribution in [3.8, 4) is 0 Å². The van der Waals surface area contributed by atoms with Crippen molar-refractivity contribution in [2.75, 3.05) is 6.61 Å². The smallest absolute Gasteiger partial charge is 0.417 e. The van der Waals surface area contributed by atoms with Gasteiger partial charge in [-0.15, -0.1) is 0 Å². The SMILES string of the molecule is CC(C)(C)CCOC(=O)N1C(=O)CC[C@@H]1C(=O)O. The minimum absolute atomic E-state index is 0.0154. The Morgan fingerprint density at radius 2 is 2.06 bits per heavy atom. The van der Waals surface area contributed by atoms with Crippen LogP contribution in [0.2, 0.25) is 0 Å². The highest BCUT2D eigenvalue weighted by atomic mass is 16.6. The first-order chi connectivity index (χ1) is 8.22. The normalized spacial score (nSPS) is 20.1. The van der Waals surface area contributed by atoms with E-state index in [0.29, 0.717) is 11.3 Å². The van der Waals surface area contributed by atoms with Gasteiger partial charge in [-0.25, -0.2) is 14.5 Å². The van der Waals surface area contributed by atoms with Gasteiger partial charge in [-0.1, -0.05) is 20.8 Å². The topological polar surface area (TPSA) is 83.9 Å². The molecule has 6 heteroatoms. The number of imide groups is 1. The fourth-order valence-corrected chi connectivity index (χ4v) is 1.66. The zero-order valence-electron chi connectivity index (χ0n) is 10.9. The Hall–Kier alpha value is -1.59. The van der Waals surface area contributed by atoms with Crippen LogP contribution in [0.15, 0.2) is 0 Å². The van der Waals surface area contributed by atoms with Gasteiger partial charge in [0.2, 0.25) is 5.91 Å². The standard InChI is InChI=1S/C12H19NO5/c1-12(2,3)6-7-18-11(17)13-8(10(15)16)4-5-9(13)14/h8H,4-7H2,1-3H3,(H,15,16)/t8-/m1/s1. The minimum atomic E-state index is -1.17. The summed E-state index contributed by atoms with van der Waals surface area (Å²) in [5.74, 6) is -1.66. The largest absolute Gasteiger partial charge is 0.480 e. The molecule has 102 valence electrons. The van der Waals surface area contributed by atoms with Crippen molar-refractivity contribution in [1.82, 2.24) is 4.90 Å². The molecule has 0 aromatic heterocycles. The average Bonchev–Trinajstić information content (AvgIpc) is 2.58. The number of rotatable bonds is 3. The molecule has 0 radical (unpaired) electrons. The second-order valence-electron chi connectivity index (χ2n) is 5.58. The molecule has 0 aromatic rings. The highest BCUT2D eigenvalue weighted by Gasteiger charge is 2.41. The number of ether oxygens (including phenoxy) is 1. The number of nitrogens with zero attached hydrogens (tertiary/aromatic N) is 1. The Balaban J connectivity index is 2.54. The number of carbonyl (C=O) groups excluding carboxylic acids is 2. The molecule has 0 aliphatic carbocycles. The lowest BCUT2D eigenvalue weighted by atomic mass is 9.93. The summed E-state index contributed by atoms with van der Waals surface area (Å²) in [5.41, 5.74) is 0.0154. The Kier molecular flexibility index (Phi) is 4.32. The van der Waals surface area contributed by atoms with E-state index in [1.54, 1.807) is 0 Å². The van der Waals surface area contributed by atoms with E-state index in [-0.39, 0.29) is 24.9 Å². The maximum absolute atomic E-state index is 11.7. The highest BCUT2D eigenvalue weighted by Crippen LogP contribution is 2.21. The molecule has 1 atom stereocenters. The van der Waals surface area contributed by atoms with Crippen molar-refractivity contribution < 1.29 is 24.2 Å². The van der Waals surface area contributed by atoms with Crippen molar-refractivity contribution in [1.29, 1.82) is 0 Å². The number of amides is 2. The minimum Gasteiger partial charge on any atom is -0.480 e. The van der Waals surface area contributed by atoms with Crippen LogP contribution in [0.1, 0.15) is 40.0 Å². The van der Waals surface area contributed by atoms with Gasteiger partial charge < -0.3 is 9.84 Å². The van der Waals surface area contributed by atoms with E-state index >= 15 is 0 Å². The van der Waals surface area contributed by atoms with Crippen LogP contribution in [0.3, 0.4) is 0 Å². The summed E-state index contributed by atoms with van der Waals surface area (Å²) >= 11 is 0. The van der Waals surface area contributed by atoms with E-state index in [9.17, 15) is 14.4 Å². The predicted octanol–water partition coefficient (Wildman–Crippen LogP) is 1.63. The molecule has 18 heavy (non-hydrogen) atoms. The third-order valence-electron chi connectivity index (χ3n) is 2.77. The lowest BCUT2D eigenvalue weighted by Gasteiger charge is -2.21. The maximum atomic E-state index is 11.7. The molecule has 1 fully saturated rings. The first-order valence-corrected chi connectivity index (χ1v) is 5.94. The van der Waals surface area contributed by atoms with Gasteiger partial charge >= 0.3 is 12.1 Å². The summed E-state index contributed by atoms with van der Waals surface area (Å²) in [7, 11) is 0. The zero-order chi connectivity index (χ0) is 13.9. The summed E-state index contributed by atoms with van der Waals surface area (Å²) in [6.45, 7) is 6.18. The molecule has 1 N–H and O–H groups in total. The van der Waals surface area contributed by atoms with Gasteiger partial charge in [0.05, 0.1) is 6.61 Å². The molecule has 1 aliphatic rings. The highest BCUT2D eigenvalue weighted by molar-refractivity contribution is 5.99. The van der Waals surface area contributed by atoms with E-state index in [0.717, 1.165) is 0 Å². The van der Waals surface area contributed by atoms with Gasteiger partial charge in [0.15, 0.2) is 0 Å². The van der Waals surface area contributed by atoms with Gasteiger partial charge in [-0.3, -0.25) is 4.79 Å². The predicted molar refractivity (Wildman–Crippen MR) is 62.9 cm³/mol. The first kappa shape index (κ1) is 14.5. The quantitative estimate of drug-likeness (QED) is 0.830. The molecule has 1 saturated heterocycles. The number of aliphatic carboxylic acids is 1. The number of hydrogen-bond donors (Lipinski definition) is 1. The Bertz CT molecular complexity index is 358. The van der Waals surface area contributed by atoms with Crippen LogP contribution in [0.4, 0.5) is 4.79 Å². The van der Waals surface area contributed by atoms with Crippen LogP contribution >= 0.6 is 0 Å². The van der Waals surface area contributed by atoms with Crippen LogP contribution in [-0.2, 0) is 14.3 Å². The molecular formula is C12H19NO5. The molecule has 0 saturated carbocycles. The number of carboxylic acid groups (broad SMARTS) is 1. The summed E-state index contributed by atoms with van der Waals surface area (Å²) in [5, 5.41) is 8.90. The van der Waals surface area contributed by atoms with Crippen molar-refractivity contribution >= 4 is 18.0 Å². The van der Waals surface area contributed by atoms with Crippen LogP contribution in [-0.4, -0.2) is 40.6 Å². The van der Waals surface area contributed by atoms with Gasteiger partial charge in [0.25, 0.3) is 0 Å². The van der Waals surface area contributed by atoms with E-state index < -0.39 is 24.0 Å². The fraction of sp³-hybridized carbons (Fsp3) is 0.750.